The molecule has 21 heavy (non-hydrogen) atoms. The predicted molar refractivity (Wildman–Crippen MR) is 82.7 cm³/mol. The minimum atomic E-state index is -0.877. The predicted octanol–water partition coefficient (Wildman–Crippen LogP) is 4.05. The third kappa shape index (κ3) is 2.43. The minimum absolute atomic E-state index is 0.340. The van der Waals surface area contributed by atoms with Crippen LogP contribution >= 0.6 is 0 Å². The highest BCUT2D eigenvalue weighted by Gasteiger charge is 2.28. The topological polar surface area (TPSA) is 55.1 Å². The molecule has 1 aliphatic rings. The maximum atomic E-state index is 11.2. The first-order valence-electron chi connectivity index (χ1n) is 7.86. The highest BCUT2D eigenvalue weighted by atomic mass is 16.4. The van der Waals surface area contributed by atoms with Crippen molar-refractivity contribution in [2.24, 2.45) is 5.92 Å². The standard InChI is InChI=1S/C17H22N2O2/c1-3-5-16-18-14-9-8-13(17(20)21)10-15(14)19(16)11(2)12-6-4-7-12/h8-12H,3-7H2,1-2H3,(H,20,21). The zero-order valence-electron chi connectivity index (χ0n) is 12.7. The molecule has 0 radical (unpaired) electrons. The fourth-order valence-corrected chi connectivity index (χ4v) is 3.26. The zero-order valence-corrected chi connectivity index (χ0v) is 12.7. The van der Waals surface area contributed by atoms with Crippen LogP contribution in [0.1, 0.15) is 61.8 Å². The van der Waals surface area contributed by atoms with Crippen molar-refractivity contribution >= 4 is 17.0 Å². The van der Waals surface area contributed by atoms with Crippen LogP contribution in [0.2, 0.25) is 0 Å². The van der Waals surface area contributed by atoms with Crippen molar-refractivity contribution < 1.29 is 9.90 Å². The number of aryl methyl sites for hydroxylation is 1. The molecule has 4 heteroatoms. The molecule has 0 spiro atoms. The molecule has 1 fully saturated rings. The van der Waals surface area contributed by atoms with Crippen molar-refractivity contribution in [1.82, 2.24) is 9.55 Å². The highest BCUT2D eigenvalue weighted by molar-refractivity contribution is 5.92. The van der Waals surface area contributed by atoms with E-state index in [-0.39, 0.29) is 0 Å². The SMILES string of the molecule is CCCc1nc2ccc(C(=O)O)cc2n1C(C)C1CCC1. The van der Waals surface area contributed by atoms with E-state index in [0.717, 1.165) is 29.7 Å². The van der Waals surface area contributed by atoms with Crippen LogP contribution in [0, 0.1) is 5.92 Å². The minimum Gasteiger partial charge on any atom is -0.478 e. The van der Waals surface area contributed by atoms with Crippen LogP contribution < -0.4 is 0 Å². The highest BCUT2D eigenvalue weighted by Crippen LogP contribution is 2.38. The number of fused-ring (bicyclic) bond motifs is 1. The van der Waals surface area contributed by atoms with E-state index < -0.39 is 5.97 Å². The van der Waals surface area contributed by atoms with Crippen LogP contribution in [0.5, 0.6) is 0 Å². The molecule has 1 aliphatic carbocycles. The summed E-state index contributed by atoms with van der Waals surface area (Å²) in [5.74, 6) is 0.916. The van der Waals surface area contributed by atoms with E-state index in [0.29, 0.717) is 17.5 Å². The lowest BCUT2D eigenvalue weighted by atomic mass is 9.80. The van der Waals surface area contributed by atoms with Gasteiger partial charge >= 0.3 is 5.97 Å². The average molecular weight is 286 g/mol. The third-order valence-electron chi connectivity index (χ3n) is 4.72. The molecule has 1 saturated carbocycles. The quantitative estimate of drug-likeness (QED) is 0.902. The number of nitrogens with zero attached hydrogens (tertiary/aromatic N) is 2. The molecule has 112 valence electrons. The Labute approximate surface area is 124 Å². The summed E-state index contributed by atoms with van der Waals surface area (Å²) in [5.41, 5.74) is 2.22. The number of carboxylic acid groups (broad SMARTS) is 1. The van der Waals surface area contributed by atoms with E-state index in [9.17, 15) is 9.90 Å². The fourth-order valence-electron chi connectivity index (χ4n) is 3.26. The van der Waals surface area contributed by atoms with Gasteiger partial charge in [-0.3, -0.25) is 0 Å². The largest absolute Gasteiger partial charge is 0.478 e. The van der Waals surface area contributed by atoms with Crippen molar-refractivity contribution in [3.05, 3.63) is 29.6 Å². The van der Waals surface area contributed by atoms with Gasteiger partial charge in [0.05, 0.1) is 16.6 Å². The van der Waals surface area contributed by atoms with Crippen LogP contribution in [0.3, 0.4) is 0 Å². The number of benzene rings is 1. The van der Waals surface area contributed by atoms with Gasteiger partial charge in [0.25, 0.3) is 0 Å². The van der Waals surface area contributed by atoms with Gasteiger partial charge in [-0.1, -0.05) is 13.3 Å². The molecule has 3 rings (SSSR count). The van der Waals surface area contributed by atoms with Crippen LogP contribution in [-0.2, 0) is 6.42 Å². The number of rotatable bonds is 5. The molecule has 0 bridgehead atoms. The van der Waals surface area contributed by atoms with E-state index in [2.05, 4.69) is 18.4 Å². The Morgan fingerprint density at radius 1 is 1.48 bits per heavy atom. The van der Waals surface area contributed by atoms with Crippen LogP contribution in [0.4, 0.5) is 0 Å². The Hall–Kier alpha value is -1.84. The van der Waals surface area contributed by atoms with Gasteiger partial charge in [-0.15, -0.1) is 0 Å². The van der Waals surface area contributed by atoms with Gasteiger partial charge in [-0.05, 0) is 50.3 Å². The van der Waals surface area contributed by atoms with Gasteiger partial charge in [0.1, 0.15) is 5.82 Å². The van der Waals surface area contributed by atoms with Crippen LogP contribution in [0.25, 0.3) is 11.0 Å². The molecule has 0 aliphatic heterocycles. The van der Waals surface area contributed by atoms with Crippen molar-refractivity contribution in [2.45, 2.75) is 52.0 Å². The summed E-state index contributed by atoms with van der Waals surface area (Å²) in [6.07, 6.45) is 5.84. The van der Waals surface area contributed by atoms with Gasteiger partial charge < -0.3 is 9.67 Å². The van der Waals surface area contributed by atoms with Gasteiger partial charge in [0.15, 0.2) is 0 Å². The summed E-state index contributed by atoms with van der Waals surface area (Å²) in [5, 5.41) is 9.22. The summed E-state index contributed by atoms with van der Waals surface area (Å²) in [6.45, 7) is 4.40. The lowest BCUT2D eigenvalue weighted by Gasteiger charge is -2.33. The smallest absolute Gasteiger partial charge is 0.335 e. The van der Waals surface area contributed by atoms with Crippen LogP contribution in [0.15, 0.2) is 18.2 Å². The second-order valence-electron chi connectivity index (χ2n) is 6.09. The monoisotopic (exact) mass is 286 g/mol. The summed E-state index contributed by atoms with van der Waals surface area (Å²) in [4.78, 5) is 16.0. The average Bonchev–Trinajstić information content (AvgIpc) is 2.73. The molecule has 1 unspecified atom stereocenters. The molecule has 0 amide bonds. The number of hydrogen-bond acceptors (Lipinski definition) is 2. The number of carbonyl (C=O) groups is 1. The van der Waals surface area contributed by atoms with E-state index in [1.165, 1.54) is 19.3 Å². The molecular weight excluding hydrogens is 264 g/mol. The van der Waals surface area contributed by atoms with Crippen molar-refractivity contribution in [1.29, 1.82) is 0 Å². The molecule has 4 nitrogen and oxygen atoms in total. The lowest BCUT2D eigenvalue weighted by molar-refractivity contribution is 0.0697. The molecule has 1 heterocycles. The number of carboxylic acids is 1. The maximum absolute atomic E-state index is 11.2. The Bertz CT molecular complexity index is 671. The first kappa shape index (κ1) is 14.1. The maximum Gasteiger partial charge on any atom is 0.335 e. The van der Waals surface area contributed by atoms with Gasteiger partial charge in [-0.25, -0.2) is 9.78 Å². The fraction of sp³-hybridized carbons (Fsp3) is 0.529. The number of imidazole rings is 1. The normalized spacial score (nSPS) is 16.9. The van der Waals surface area contributed by atoms with Gasteiger partial charge in [0.2, 0.25) is 0 Å². The Balaban J connectivity index is 2.13. The Kier molecular flexibility index (Phi) is 3.70. The molecule has 1 N–H and O–H groups in total. The van der Waals surface area contributed by atoms with Gasteiger partial charge in [-0.2, -0.15) is 0 Å². The molecule has 0 saturated heterocycles. The molecule has 1 aromatic carbocycles. The molecule has 1 aromatic heterocycles. The second-order valence-corrected chi connectivity index (χ2v) is 6.09. The molecular formula is C17H22N2O2. The summed E-state index contributed by atoms with van der Waals surface area (Å²) in [6, 6.07) is 5.65. The third-order valence-corrected chi connectivity index (χ3v) is 4.72. The summed E-state index contributed by atoms with van der Waals surface area (Å²) in [7, 11) is 0. The number of aromatic carboxylic acids is 1. The molecule has 2 aromatic rings. The zero-order chi connectivity index (χ0) is 15.0. The number of aromatic nitrogens is 2. The van der Waals surface area contributed by atoms with E-state index >= 15 is 0 Å². The second kappa shape index (κ2) is 5.51. The Morgan fingerprint density at radius 3 is 2.81 bits per heavy atom. The van der Waals surface area contributed by atoms with E-state index in [1.54, 1.807) is 12.1 Å². The van der Waals surface area contributed by atoms with Crippen molar-refractivity contribution in [2.75, 3.05) is 0 Å². The summed E-state index contributed by atoms with van der Waals surface area (Å²) < 4.78 is 2.29. The van der Waals surface area contributed by atoms with E-state index in [1.807, 2.05) is 6.07 Å². The Morgan fingerprint density at radius 2 is 2.24 bits per heavy atom. The first-order chi connectivity index (χ1) is 10.1. The molecule has 1 atom stereocenters. The lowest BCUT2D eigenvalue weighted by Crippen LogP contribution is -2.24. The van der Waals surface area contributed by atoms with Crippen molar-refractivity contribution in [3.63, 3.8) is 0 Å². The van der Waals surface area contributed by atoms with E-state index in [4.69, 9.17) is 4.98 Å². The number of hydrogen-bond donors (Lipinski definition) is 1. The summed E-state index contributed by atoms with van der Waals surface area (Å²) >= 11 is 0. The van der Waals surface area contributed by atoms with Crippen LogP contribution in [-0.4, -0.2) is 20.6 Å². The first-order valence-corrected chi connectivity index (χ1v) is 7.86. The van der Waals surface area contributed by atoms with Crippen molar-refractivity contribution in [3.8, 4) is 0 Å². The van der Waals surface area contributed by atoms with Gasteiger partial charge in [0, 0.05) is 12.5 Å².